The number of sulfonamides is 1. The van der Waals surface area contributed by atoms with E-state index >= 15 is 0 Å². The molecule has 0 bridgehead atoms. The van der Waals surface area contributed by atoms with Gasteiger partial charge in [-0.1, -0.05) is 16.8 Å². The minimum atomic E-state index is -3.63. The summed E-state index contributed by atoms with van der Waals surface area (Å²) >= 11 is 5.89. The van der Waals surface area contributed by atoms with Gasteiger partial charge in [0, 0.05) is 36.8 Å². The van der Waals surface area contributed by atoms with E-state index in [9.17, 15) is 12.8 Å². The number of halogens is 2. The number of hydrogen-bond donors (Lipinski definition) is 0. The van der Waals surface area contributed by atoms with Crippen LogP contribution in [0, 0.1) is 5.82 Å². The van der Waals surface area contributed by atoms with Crippen molar-refractivity contribution in [3.8, 4) is 11.4 Å². The average Bonchev–Trinajstić information content (AvgIpc) is 3.18. The van der Waals surface area contributed by atoms with Crippen LogP contribution in [0.4, 0.5) is 4.39 Å². The van der Waals surface area contributed by atoms with E-state index < -0.39 is 15.8 Å². The third kappa shape index (κ3) is 4.48. The minimum Gasteiger partial charge on any atom is -0.338 e. The van der Waals surface area contributed by atoms with Gasteiger partial charge < -0.3 is 4.52 Å². The van der Waals surface area contributed by atoms with Crippen molar-refractivity contribution in [2.45, 2.75) is 11.4 Å². The van der Waals surface area contributed by atoms with Gasteiger partial charge >= 0.3 is 0 Å². The third-order valence-electron chi connectivity index (χ3n) is 4.71. The Morgan fingerprint density at radius 3 is 2.31 bits per heavy atom. The lowest BCUT2D eigenvalue weighted by atomic mass is 10.2. The van der Waals surface area contributed by atoms with Gasteiger partial charge in [-0.3, -0.25) is 4.90 Å². The van der Waals surface area contributed by atoms with E-state index in [1.54, 1.807) is 12.1 Å². The number of hydrogen-bond acceptors (Lipinski definition) is 6. The standard InChI is InChI=1S/C19H18ClFN4O3S/c20-15-3-1-14(2-4-15)19-22-18(28-23-19)13-24-9-11-25(12-10-24)29(26,27)17-7-5-16(21)6-8-17/h1-8H,9-13H2. The highest BCUT2D eigenvalue weighted by Crippen LogP contribution is 2.21. The molecule has 0 amide bonds. The highest BCUT2D eigenvalue weighted by atomic mass is 35.5. The Balaban J connectivity index is 1.37. The Bertz CT molecular complexity index is 1080. The van der Waals surface area contributed by atoms with Gasteiger partial charge in [0.1, 0.15) is 5.82 Å². The first-order valence-corrected chi connectivity index (χ1v) is 10.8. The number of aromatic nitrogens is 2. The van der Waals surface area contributed by atoms with Crippen LogP contribution in [0.3, 0.4) is 0 Å². The summed E-state index contributed by atoms with van der Waals surface area (Å²) in [5.41, 5.74) is 0.805. The molecule has 1 aromatic heterocycles. The zero-order valence-corrected chi connectivity index (χ0v) is 16.9. The van der Waals surface area contributed by atoms with Crippen molar-refractivity contribution in [1.82, 2.24) is 19.3 Å². The van der Waals surface area contributed by atoms with Gasteiger partial charge in [0.25, 0.3) is 0 Å². The number of piperazine rings is 1. The molecule has 2 heterocycles. The van der Waals surface area contributed by atoms with Crippen LogP contribution in [-0.2, 0) is 16.6 Å². The van der Waals surface area contributed by atoms with Gasteiger partial charge in [0.15, 0.2) is 0 Å². The lowest BCUT2D eigenvalue weighted by Crippen LogP contribution is -2.48. The zero-order chi connectivity index (χ0) is 20.4. The smallest absolute Gasteiger partial charge is 0.243 e. The van der Waals surface area contributed by atoms with E-state index in [0.29, 0.717) is 49.5 Å². The van der Waals surface area contributed by atoms with Crippen LogP contribution in [0.25, 0.3) is 11.4 Å². The van der Waals surface area contributed by atoms with E-state index in [0.717, 1.165) is 17.7 Å². The van der Waals surface area contributed by atoms with Crippen LogP contribution in [0.15, 0.2) is 57.9 Å². The maximum absolute atomic E-state index is 13.1. The van der Waals surface area contributed by atoms with Gasteiger partial charge in [-0.2, -0.15) is 9.29 Å². The second-order valence-corrected chi connectivity index (χ2v) is 9.03. The zero-order valence-electron chi connectivity index (χ0n) is 15.3. The lowest BCUT2D eigenvalue weighted by Gasteiger charge is -2.33. The maximum Gasteiger partial charge on any atom is 0.243 e. The van der Waals surface area contributed by atoms with E-state index in [4.69, 9.17) is 16.1 Å². The fourth-order valence-corrected chi connectivity index (χ4v) is 4.66. The van der Waals surface area contributed by atoms with E-state index in [1.807, 2.05) is 12.1 Å². The van der Waals surface area contributed by atoms with Crippen molar-refractivity contribution >= 4 is 21.6 Å². The largest absolute Gasteiger partial charge is 0.338 e. The molecule has 1 aliphatic heterocycles. The summed E-state index contributed by atoms with van der Waals surface area (Å²) in [6.45, 7) is 2.15. The molecule has 0 radical (unpaired) electrons. The maximum atomic E-state index is 13.1. The fourth-order valence-electron chi connectivity index (χ4n) is 3.11. The molecule has 3 aromatic rings. The van der Waals surface area contributed by atoms with Crippen molar-refractivity contribution in [1.29, 1.82) is 0 Å². The number of rotatable bonds is 5. The number of nitrogens with zero attached hydrogens (tertiary/aromatic N) is 4. The van der Waals surface area contributed by atoms with E-state index in [2.05, 4.69) is 15.0 Å². The van der Waals surface area contributed by atoms with E-state index in [1.165, 1.54) is 16.4 Å². The summed E-state index contributed by atoms with van der Waals surface area (Å²) < 4.78 is 45.2. The Labute approximate surface area is 172 Å². The van der Waals surface area contributed by atoms with Gasteiger partial charge in [-0.15, -0.1) is 0 Å². The molecule has 0 atom stereocenters. The molecule has 2 aromatic carbocycles. The highest BCUT2D eigenvalue weighted by Gasteiger charge is 2.29. The summed E-state index contributed by atoms with van der Waals surface area (Å²) in [6, 6.07) is 12.0. The molecule has 0 N–H and O–H groups in total. The quantitative estimate of drug-likeness (QED) is 0.611. The van der Waals surface area contributed by atoms with Crippen molar-refractivity contribution in [2.24, 2.45) is 0 Å². The topological polar surface area (TPSA) is 79.5 Å². The van der Waals surface area contributed by atoms with Gasteiger partial charge in [-0.25, -0.2) is 12.8 Å². The second kappa shape index (κ2) is 8.19. The molecular formula is C19H18ClFN4O3S. The molecule has 4 rings (SSSR count). The lowest BCUT2D eigenvalue weighted by molar-refractivity contribution is 0.163. The Morgan fingerprint density at radius 2 is 1.66 bits per heavy atom. The highest BCUT2D eigenvalue weighted by molar-refractivity contribution is 7.89. The van der Waals surface area contributed by atoms with E-state index in [-0.39, 0.29) is 4.90 Å². The summed E-state index contributed by atoms with van der Waals surface area (Å²) in [4.78, 5) is 6.54. The SMILES string of the molecule is O=S(=O)(c1ccc(F)cc1)N1CCN(Cc2nc(-c3ccc(Cl)cc3)no2)CC1. The first-order chi connectivity index (χ1) is 13.9. The molecule has 0 unspecified atom stereocenters. The molecule has 29 heavy (non-hydrogen) atoms. The first-order valence-electron chi connectivity index (χ1n) is 8.98. The normalized spacial score (nSPS) is 16.2. The molecule has 1 aliphatic rings. The van der Waals surface area contributed by atoms with Crippen LogP contribution in [0.2, 0.25) is 5.02 Å². The Hall–Kier alpha value is -2.33. The number of benzene rings is 2. The van der Waals surface area contributed by atoms with Crippen molar-refractivity contribution in [3.63, 3.8) is 0 Å². The summed E-state index contributed by atoms with van der Waals surface area (Å²) in [6.07, 6.45) is 0. The molecule has 10 heteroatoms. The van der Waals surface area contributed by atoms with Crippen LogP contribution in [0.5, 0.6) is 0 Å². The summed E-state index contributed by atoms with van der Waals surface area (Å²) in [5, 5.41) is 4.62. The second-order valence-electron chi connectivity index (χ2n) is 6.65. The Kier molecular flexibility index (Phi) is 5.64. The predicted molar refractivity (Wildman–Crippen MR) is 105 cm³/mol. The molecule has 0 spiro atoms. The van der Waals surface area contributed by atoms with Crippen LogP contribution in [-0.4, -0.2) is 53.9 Å². The fraction of sp³-hybridized carbons (Fsp3) is 0.263. The molecule has 152 valence electrons. The molecule has 1 fully saturated rings. The van der Waals surface area contributed by atoms with Crippen LogP contribution in [0.1, 0.15) is 5.89 Å². The third-order valence-corrected chi connectivity index (χ3v) is 6.88. The molecule has 0 aliphatic carbocycles. The van der Waals surface area contributed by atoms with Gasteiger partial charge in [0.05, 0.1) is 11.4 Å². The summed E-state index contributed by atoms with van der Waals surface area (Å²) in [5.74, 6) is 0.477. The molecule has 0 saturated carbocycles. The van der Waals surface area contributed by atoms with Crippen molar-refractivity contribution < 1.29 is 17.3 Å². The van der Waals surface area contributed by atoms with Crippen LogP contribution >= 0.6 is 11.6 Å². The molecule has 7 nitrogen and oxygen atoms in total. The van der Waals surface area contributed by atoms with Gasteiger partial charge in [0.2, 0.25) is 21.7 Å². The predicted octanol–water partition coefficient (Wildman–Crippen LogP) is 3.04. The summed E-state index contributed by atoms with van der Waals surface area (Å²) in [7, 11) is -3.63. The Morgan fingerprint density at radius 1 is 1.00 bits per heavy atom. The monoisotopic (exact) mass is 436 g/mol. The average molecular weight is 437 g/mol. The molecule has 1 saturated heterocycles. The van der Waals surface area contributed by atoms with Gasteiger partial charge in [-0.05, 0) is 48.5 Å². The van der Waals surface area contributed by atoms with Crippen molar-refractivity contribution in [2.75, 3.05) is 26.2 Å². The minimum absolute atomic E-state index is 0.0943. The molecular weight excluding hydrogens is 419 g/mol. The van der Waals surface area contributed by atoms with Crippen LogP contribution < -0.4 is 0 Å². The first kappa shape index (κ1) is 20.0. The van der Waals surface area contributed by atoms with Crippen molar-refractivity contribution in [3.05, 3.63) is 65.3 Å².